The van der Waals surface area contributed by atoms with Gasteiger partial charge < -0.3 is 0 Å². The average Bonchev–Trinajstić information content (AvgIpc) is 1.98. The summed E-state index contributed by atoms with van der Waals surface area (Å²) in [6, 6.07) is 0. The number of hydrogen-bond acceptors (Lipinski definition) is 0. The first-order valence-electron chi connectivity index (χ1n) is 3.44. The number of halogens is 10. The Morgan fingerprint density at radius 2 is 1.12 bits per heavy atom. The van der Waals surface area contributed by atoms with Gasteiger partial charge in [-0.1, -0.05) is 92.8 Å². The predicted octanol–water partition coefficient (Wildman–Crippen LogP) is 6.75. The van der Waals surface area contributed by atoms with Gasteiger partial charge >= 0.3 is 0 Å². The van der Waals surface area contributed by atoms with Gasteiger partial charge in [0.1, 0.15) is 0 Å². The van der Waals surface area contributed by atoms with Crippen LogP contribution < -0.4 is 0 Å². The van der Waals surface area contributed by atoms with Gasteiger partial charge in [0, 0.05) is 5.88 Å². The van der Waals surface area contributed by atoms with E-state index in [4.69, 9.17) is 116 Å². The first-order chi connectivity index (χ1) is 6.73. The van der Waals surface area contributed by atoms with E-state index in [9.17, 15) is 0 Å². The molecule has 0 aliphatic rings. The van der Waals surface area contributed by atoms with Gasteiger partial charge in [-0.05, 0) is 6.92 Å². The normalized spacial score (nSPS) is 15.2. The van der Waals surface area contributed by atoms with Crippen LogP contribution in [0.25, 0.3) is 0 Å². The fourth-order valence-electron chi connectivity index (χ4n) is 0.0875. The van der Waals surface area contributed by atoms with Crippen molar-refractivity contribution >= 4 is 116 Å². The van der Waals surface area contributed by atoms with Gasteiger partial charge in [0.05, 0.1) is 5.38 Å². The molecular weight excluding hydrogens is 427 g/mol. The van der Waals surface area contributed by atoms with Gasteiger partial charge in [0.15, 0.2) is 4.33 Å². The topological polar surface area (TPSA) is 0 Å². The molecule has 0 rings (SSSR count). The van der Waals surface area contributed by atoms with Gasteiger partial charge in [-0.3, -0.25) is 0 Å². The molecular formula is C6H6Cl10. The van der Waals surface area contributed by atoms with Crippen LogP contribution in [0.15, 0.2) is 0 Å². The zero-order chi connectivity index (χ0) is 13.8. The van der Waals surface area contributed by atoms with E-state index < -0.39 is 17.3 Å². The summed E-state index contributed by atoms with van der Waals surface area (Å²) < 4.78 is -4.38. The SMILES string of the molecule is CC(Cl)(Cl)C(Cl)(Cl)Cl.ClCC(Cl)C(Cl)(Cl)Cl. The molecule has 1 unspecified atom stereocenters. The van der Waals surface area contributed by atoms with E-state index in [1.54, 1.807) is 0 Å². The van der Waals surface area contributed by atoms with E-state index in [0.717, 1.165) is 0 Å². The lowest BCUT2D eigenvalue weighted by molar-refractivity contribution is 0.895. The maximum absolute atomic E-state index is 5.41. The first-order valence-corrected chi connectivity index (χ1v) is 7.44. The van der Waals surface area contributed by atoms with Crippen LogP contribution in [0.2, 0.25) is 0 Å². The highest BCUT2D eigenvalue weighted by molar-refractivity contribution is 6.75. The maximum atomic E-state index is 5.41. The molecule has 100 valence electrons. The average molecular weight is 433 g/mol. The molecule has 0 bridgehead atoms. The Morgan fingerprint density at radius 1 is 0.875 bits per heavy atom. The lowest BCUT2D eigenvalue weighted by atomic mass is 10.5. The van der Waals surface area contributed by atoms with Crippen molar-refractivity contribution in [2.45, 2.75) is 24.2 Å². The Bertz CT molecular complexity index is 171. The van der Waals surface area contributed by atoms with Crippen LogP contribution in [0.1, 0.15) is 6.92 Å². The third kappa shape index (κ3) is 10.8. The highest BCUT2D eigenvalue weighted by Gasteiger charge is 2.41. The molecule has 10 heteroatoms. The molecule has 0 aromatic rings. The summed E-state index contributed by atoms with van der Waals surface area (Å²) in [7, 11) is 0. The predicted molar refractivity (Wildman–Crippen MR) is 81.1 cm³/mol. The highest BCUT2D eigenvalue weighted by atomic mass is 35.6. The van der Waals surface area contributed by atoms with Gasteiger partial charge in [0.25, 0.3) is 0 Å². The quantitative estimate of drug-likeness (QED) is 0.402. The summed E-state index contributed by atoms with van der Waals surface area (Å²) in [5.41, 5.74) is 0. The fourth-order valence-corrected chi connectivity index (χ4v) is 0.787. The molecule has 0 spiro atoms. The minimum atomic E-state index is -1.61. The second-order valence-corrected chi connectivity index (χ2v) is 9.74. The molecule has 0 aliphatic carbocycles. The highest BCUT2D eigenvalue weighted by Crippen LogP contribution is 2.45. The standard InChI is InChI=1S/2C3H3Cl5/c1-2(4,5)3(6,7)8;4-1-2(5)3(6,7)8/h1H3;2H,1H2. The monoisotopic (exact) mass is 428 g/mol. The maximum Gasteiger partial charge on any atom is 0.222 e. The van der Waals surface area contributed by atoms with Crippen molar-refractivity contribution < 1.29 is 0 Å². The molecule has 0 saturated heterocycles. The van der Waals surface area contributed by atoms with E-state index in [0.29, 0.717) is 0 Å². The Morgan fingerprint density at radius 3 is 1.12 bits per heavy atom. The van der Waals surface area contributed by atoms with E-state index >= 15 is 0 Å². The molecule has 0 fully saturated rings. The number of hydrogen-bond donors (Lipinski definition) is 0. The van der Waals surface area contributed by atoms with Crippen molar-refractivity contribution in [3.63, 3.8) is 0 Å². The largest absolute Gasteiger partial charge is 0.222 e. The second kappa shape index (κ2) is 8.25. The van der Waals surface area contributed by atoms with Crippen molar-refractivity contribution in [1.29, 1.82) is 0 Å². The molecule has 0 saturated carbocycles. The van der Waals surface area contributed by atoms with Crippen LogP contribution in [0, 0.1) is 0 Å². The van der Waals surface area contributed by atoms with Crippen molar-refractivity contribution in [2.75, 3.05) is 5.88 Å². The Balaban J connectivity index is 0. The smallest absolute Gasteiger partial charge is 0.125 e. The zero-order valence-electron chi connectivity index (χ0n) is 7.56. The molecule has 1 atom stereocenters. The van der Waals surface area contributed by atoms with Gasteiger partial charge in [-0.25, -0.2) is 0 Å². The molecule has 0 heterocycles. The minimum absolute atomic E-state index is 0.137. The Labute approximate surface area is 145 Å². The van der Waals surface area contributed by atoms with Crippen molar-refractivity contribution in [2.24, 2.45) is 0 Å². The van der Waals surface area contributed by atoms with Crippen LogP contribution in [0.4, 0.5) is 0 Å². The number of alkyl halides is 10. The van der Waals surface area contributed by atoms with Crippen molar-refractivity contribution in [1.82, 2.24) is 0 Å². The summed E-state index contributed by atoms with van der Waals surface area (Å²) in [5.74, 6) is 0.137. The van der Waals surface area contributed by atoms with E-state index in [2.05, 4.69) is 0 Å². The lowest BCUT2D eigenvalue weighted by Crippen LogP contribution is -2.26. The second-order valence-electron chi connectivity index (χ2n) is 2.55. The molecule has 0 nitrogen and oxygen atoms in total. The third-order valence-corrected chi connectivity index (χ3v) is 5.34. The van der Waals surface area contributed by atoms with Crippen molar-refractivity contribution in [3.05, 3.63) is 0 Å². The first kappa shape index (κ1) is 21.2. The van der Waals surface area contributed by atoms with Crippen LogP contribution in [-0.2, 0) is 0 Å². The Hall–Kier alpha value is 2.90. The Kier molecular flexibility index (Phi) is 10.9. The van der Waals surface area contributed by atoms with Crippen LogP contribution >= 0.6 is 116 Å². The molecule has 16 heavy (non-hydrogen) atoms. The molecule has 0 aromatic carbocycles. The summed E-state index contributed by atoms with van der Waals surface area (Å²) in [4.78, 5) is 0. The molecule has 0 aromatic heterocycles. The van der Waals surface area contributed by atoms with Crippen LogP contribution in [-0.4, -0.2) is 23.2 Å². The van der Waals surface area contributed by atoms with E-state index in [1.807, 2.05) is 0 Å². The molecule has 0 N–H and O–H groups in total. The van der Waals surface area contributed by atoms with Crippen LogP contribution in [0.3, 0.4) is 0 Å². The summed E-state index contributed by atoms with van der Waals surface area (Å²) in [5, 5.41) is -0.617. The van der Waals surface area contributed by atoms with Crippen LogP contribution in [0.5, 0.6) is 0 Å². The van der Waals surface area contributed by atoms with Crippen molar-refractivity contribution in [3.8, 4) is 0 Å². The summed E-state index contributed by atoms with van der Waals surface area (Å²) >= 11 is 53.1. The fraction of sp³-hybridized carbons (Fsp3) is 1.00. The number of rotatable bonds is 1. The van der Waals surface area contributed by atoms with Gasteiger partial charge in [-0.2, -0.15) is 0 Å². The molecule has 0 radical (unpaired) electrons. The zero-order valence-corrected chi connectivity index (χ0v) is 15.1. The lowest BCUT2D eigenvalue weighted by Gasteiger charge is -2.21. The molecule has 0 aliphatic heterocycles. The summed E-state index contributed by atoms with van der Waals surface area (Å²) in [6.45, 7) is 1.41. The van der Waals surface area contributed by atoms with Gasteiger partial charge in [-0.15, -0.1) is 23.2 Å². The third-order valence-electron chi connectivity index (χ3n) is 0.988. The van der Waals surface area contributed by atoms with Gasteiger partial charge in [0.2, 0.25) is 7.59 Å². The summed E-state index contributed by atoms with van der Waals surface area (Å²) in [6.07, 6.45) is 0. The van der Waals surface area contributed by atoms with E-state index in [1.165, 1.54) is 6.92 Å². The van der Waals surface area contributed by atoms with E-state index in [-0.39, 0.29) is 5.88 Å². The minimum Gasteiger partial charge on any atom is -0.125 e. The molecule has 0 amide bonds.